The quantitative estimate of drug-likeness (QED) is 0.909. The van der Waals surface area contributed by atoms with E-state index in [1.165, 1.54) is 45.3 Å². The summed E-state index contributed by atoms with van der Waals surface area (Å²) in [4.78, 5) is 0.0940. The molecule has 0 heterocycles. The van der Waals surface area contributed by atoms with Gasteiger partial charge in [0.05, 0.1) is 11.3 Å². The number of anilines is 1. The van der Waals surface area contributed by atoms with Crippen LogP contribution in [-0.2, 0) is 10.0 Å². The van der Waals surface area contributed by atoms with Gasteiger partial charge in [0.1, 0.15) is 0 Å². The Morgan fingerprint density at radius 1 is 1.20 bits per heavy atom. The van der Waals surface area contributed by atoms with Crippen LogP contribution in [0.25, 0.3) is 0 Å². The van der Waals surface area contributed by atoms with Gasteiger partial charge in [-0.3, -0.25) is 0 Å². The van der Waals surface area contributed by atoms with Crippen LogP contribution in [0.1, 0.15) is 13.3 Å². The molecule has 0 aliphatic heterocycles. The van der Waals surface area contributed by atoms with E-state index in [0.29, 0.717) is 5.69 Å². The fourth-order valence-electron chi connectivity index (χ4n) is 1.62. The van der Waals surface area contributed by atoms with Crippen LogP contribution in [0.3, 0.4) is 0 Å². The molecule has 20 heavy (non-hydrogen) atoms. The number of nitrogens with zero attached hydrogens (tertiary/aromatic N) is 1. The number of hydrogen-bond donors (Lipinski definition) is 1. The van der Waals surface area contributed by atoms with E-state index in [9.17, 15) is 21.6 Å². The average molecular weight is 310 g/mol. The van der Waals surface area contributed by atoms with E-state index >= 15 is 0 Å². The Kier molecular flexibility index (Phi) is 5.04. The normalized spacial score (nSPS) is 14.3. The molecule has 0 fully saturated rings. The summed E-state index contributed by atoms with van der Waals surface area (Å²) in [5.41, 5.74) is 0.444. The Morgan fingerprint density at radius 2 is 1.70 bits per heavy atom. The van der Waals surface area contributed by atoms with Crippen molar-refractivity contribution in [2.75, 3.05) is 19.4 Å². The number of halogens is 3. The van der Waals surface area contributed by atoms with Crippen molar-refractivity contribution in [3.63, 3.8) is 0 Å². The highest BCUT2D eigenvalue weighted by Gasteiger charge is 2.29. The van der Waals surface area contributed by atoms with Crippen molar-refractivity contribution in [3.05, 3.63) is 24.3 Å². The molecular formula is C12H17F3N2O2S. The van der Waals surface area contributed by atoms with Gasteiger partial charge in [0, 0.05) is 25.8 Å². The monoisotopic (exact) mass is 310 g/mol. The SMILES string of the molecule is CC(CC(F)(F)F)Nc1ccc(S(=O)(=O)N(C)C)cc1. The number of nitrogens with one attached hydrogen (secondary N) is 1. The second-order valence-corrected chi connectivity index (χ2v) is 6.83. The summed E-state index contributed by atoms with van der Waals surface area (Å²) in [5.74, 6) is 0. The molecule has 0 aromatic heterocycles. The first-order valence-corrected chi connectivity index (χ1v) is 7.32. The molecule has 0 spiro atoms. The minimum absolute atomic E-state index is 0.0940. The maximum Gasteiger partial charge on any atom is 0.391 e. The molecule has 0 bridgehead atoms. The molecule has 0 amide bonds. The topological polar surface area (TPSA) is 49.4 Å². The zero-order valence-electron chi connectivity index (χ0n) is 11.4. The number of rotatable bonds is 5. The van der Waals surface area contributed by atoms with E-state index in [1.807, 2.05) is 0 Å². The molecule has 4 nitrogen and oxygen atoms in total. The van der Waals surface area contributed by atoms with Gasteiger partial charge in [-0.05, 0) is 31.2 Å². The molecule has 1 aromatic carbocycles. The zero-order valence-corrected chi connectivity index (χ0v) is 12.2. The first kappa shape index (κ1) is 16.8. The van der Waals surface area contributed by atoms with Crippen molar-refractivity contribution >= 4 is 15.7 Å². The lowest BCUT2D eigenvalue weighted by Crippen LogP contribution is -2.24. The van der Waals surface area contributed by atoms with Crippen molar-refractivity contribution in [2.24, 2.45) is 0 Å². The predicted molar refractivity (Wildman–Crippen MR) is 71.1 cm³/mol. The van der Waals surface area contributed by atoms with Gasteiger partial charge in [-0.1, -0.05) is 0 Å². The third-order valence-electron chi connectivity index (χ3n) is 2.58. The van der Waals surface area contributed by atoms with Crippen LogP contribution in [0, 0.1) is 0 Å². The molecule has 0 aliphatic carbocycles. The Morgan fingerprint density at radius 3 is 2.10 bits per heavy atom. The van der Waals surface area contributed by atoms with Crippen LogP contribution < -0.4 is 5.32 Å². The van der Waals surface area contributed by atoms with Gasteiger partial charge in [-0.25, -0.2) is 12.7 Å². The number of sulfonamides is 1. The molecule has 8 heteroatoms. The van der Waals surface area contributed by atoms with Gasteiger partial charge in [0.25, 0.3) is 0 Å². The molecule has 1 N–H and O–H groups in total. The lowest BCUT2D eigenvalue weighted by atomic mass is 10.2. The first-order chi connectivity index (χ1) is 9.02. The molecule has 1 atom stereocenters. The highest BCUT2D eigenvalue weighted by atomic mass is 32.2. The molecule has 1 aromatic rings. The second-order valence-electron chi connectivity index (χ2n) is 4.68. The summed E-state index contributed by atoms with van der Waals surface area (Å²) in [7, 11) is -0.706. The van der Waals surface area contributed by atoms with E-state index in [1.54, 1.807) is 0 Å². The zero-order chi connectivity index (χ0) is 15.6. The highest BCUT2D eigenvalue weighted by Crippen LogP contribution is 2.24. The third-order valence-corrected chi connectivity index (χ3v) is 4.41. The van der Waals surface area contributed by atoms with Gasteiger partial charge in [-0.15, -0.1) is 0 Å². The summed E-state index contributed by atoms with van der Waals surface area (Å²) in [5, 5.41) is 2.68. The van der Waals surface area contributed by atoms with E-state index in [0.717, 1.165) is 4.31 Å². The molecule has 0 aliphatic rings. The fourth-order valence-corrected chi connectivity index (χ4v) is 2.52. The van der Waals surface area contributed by atoms with Crippen LogP contribution in [0.4, 0.5) is 18.9 Å². The van der Waals surface area contributed by atoms with Crippen LogP contribution in [0.5, 0.6) is 0 Å². The van der Waals surface area contributed by atoms with Gasteiger partial charge in [0.15, 0.2) is 0 Å². The maximum atomic E-state index is 12.2. The lowest BCUT2D eigenvalue weighted by Gasteiger charge is -2.17. The standard InChI is InChI=1S/C12H17F3N2O2S/c1-9(8-12(13,14)15)16-10-4-6-11(7-5-10)20(18,19)17(2)3/h4-7,9,16H,8H2,1-3H3. The Labute approximate surface area is 116 Å². The van der Waals surface area contributed by atoms with E-state index in [2.05, 4.69) is 5.32 Å². The van der Waals surface area contributed by atoms with Gasteiger partial charge >= 0.3 is 6.18 Å². The van der Waals surface area contributed by atoms with Crippen molar-refractivity contribution in [3.8, 4) is 0 Å². The summed E-state index contributed by atoms with van der Waals surface area (Å²) < 4.78 is 61.3. The summed E-state index contributed by atoms with van der Waals surface area (Å²) in [6.07, 6.45) is -5.19. The summed E-state index contributed by atoms with van der Waals surface area (Å²) in [6, 6.07) is 4.83. The summed E-state index contributed by atoms with van der Waals surface area (Å²) in [6.45, 7) is 1.41. The molecule has 114 valence electrons. The van der Waals surface area contributed by atoms with Crippen LogP contribution in [0.2, 0.25) is 0 Å². The van der Waals surface area contributed by atoms with Crippen LogP contribution in [-0.4, -0.2) is 39.0 Å². The largest absolute Gasteiger partial charge is 0.391 e. The first-order valence-electron chi connectivity index (χ1n) is 5.88. The number of hydrogen-bond acceptors (Lipinski definition) is 3. The molecule has 1 unspecified atom stereocenters. The van der Waals surface area contributed by atoms with Crippen LogP contribution in [0.15, 0.2) is 29.2 Å². The van der Waals surface area contributed by atoms with E-state index in [4.69, 9.17) is 0 Å². The van der Waals surface area contributed by atoms with Crippen LogP contribution >= 0.6 is 0 Å². The second kappa shape index (κ2) is 6.01. The van der Waals surface area contributed by atoms with Gasteiger partial charge in [-0.2, -0.15) is 13.2 Å². The maximum absolute atomic E-state index is 12.2. The van der Waals surface area contributed by atoms with Crippen molar-refractivity contribution < 1.29 is 21.6 Å². The molecule has 0 saturated carbocycles. The van der Waals surface area contributed by atoms with Crippen molar-refractivity contribution in [1.29, 1.82) is 0 Å². The van der Waals surface area contributed by atoms with Crippen molar-refractivity contribution in [2.45, 2.75) is 30.5 Å². The Hall–Kier alpha value is -1.28. The number of alkyl halides is 3. The average Bonchev–Trinajstić information content (AvgIpc) is 2.26. The van der Waals surface area contributed by atoms with E-state index in [-0.39, 0.29) is 4.90 Å². The fraction of sp³-hybridized carbons (Fsp3) is 0.500. The molecular weight excluding hydrogens is 293 g/mol. The smallest absolute Gasteiger partial charge is 0.382 e. The lowest BCUT2D eigenvalue weighted by molar-refractivity contribution is -0.136. The summed E-state index contributed by atoms with van der Waals surface area (Å²) >= 11 is 0. The van der Waals surface area contributed by atoms with Gasteiger partial charge < -0.3 is 5.32 Å². The minimum Gasteiger partial charge on any atom is -0.382 e. The highest BCUT2D eigenvalue weighted by molar-refractivity contribution is 7.89. The Balaban J connectivity index is 2.78. The third kappa shape index (κ3) is 4.68. The minimum atomic E-state index is -4.24. The molecule has 0 saturated heterocycles. The molecule has 0 radical (unpaired) electrons. The van der Waals surface area contributed by atoms with E-state index < -0.39 is 28.7 Å². The number of benzene rings is 1. The Bertz CT molecular complexity index is 539. The van der Waals surface area contributed by atoms with Crippen molar-refractivity contribution in [1.82, 2.24) is 4.31 Å². The van der Waals surface area contributed by atoms with Gasteiger partial charge in [0.2, 0.25) is 10.0 Å². The predicted octanol–water partition coefficient (Wildman–Crippen LogP) is 2.69. The molecule has 1 rings (SSSR count).